The predicted molar refractivity (Wildman–Crippen MR) is 61.1 cm³/mol. The molecule has 80 valence electrons. The first-order valence-electron chi connectivity index (χ1n) is 6.01. The predicted octanol–water partition coefficient (Wildman–Crippen LogP) is 3.54. The third kappa shape index (κ3) is 8.29. The van der Waals surface area contributed by atoms with Crippen LogP contribution in [0.3, 0.4) is 0 Å². The van der Waals surface area contributed by atoms with Crippen LogP contribution in [0.25, 0.3) is 0 Å². The van der Waals surface area contributed by atoms with E-state index in [1.54, 1.807) is 0 Å². The highest BCUT2D eigenvalue weighted by atomic mass is 15.1. The average molecular weight is 185 g/mol. The van der Waals surface area contributed by atoms with E-state index in [1.807, 2.05) is 13.8 Å². The number of hydrogen-bond donors (Lipinski definition) is 0. The summed E-state index contributed by atoms with van der Waals surface area (Å²) in [5.74, 6) is 1.13. The molecule has 1 aliphatic rings. The third-order valence-electron chi connectivity index (χ3n) is 2.64. The Morgan fingerprint density at radius 3 is 2.23 bits per heavy atom. The van der Waals surface area contributed by atoms with Crippen molar-refractivity contribution in [2.75, 3.05) is 20.1 Å². The minimum absolute atomic E-state index is 1.13. The van der Waals surface area contributed by atoms with Crippen molar-refractivity contribution < 1.29 is 0 Å². The molecule has 0 aliphatic heterocycles. The molecule has 0 spiro atoms. The number of nitrogens with zero attached hydrogens (tertiary/aromatic N) is 1. The second-order valence-corrected chi connectivity index (χ2v) is 3.84. The van der Waals surface area contributed by atoms with E-state index < -0.39 is 0 Å². The van der Waals surface area contributed by atoms with Crippen LogP contribution in [0.5, 0.6) is 0 Å². The maximum atomic E-state index is 2.40. The van der Waals surface area contributed by atoms with E-state index in [4.69, 9.17) is 0 Å². The maximum absolute atomic E-state index is 2.40. The van der Waals surface area contributed by atoms with Crippen LogP contribution in [0.15, 0.2) is 0 Å². The molecular weight excluding hydrogens is 158 g/mol. The van der Waals surface area contributed by atoms with E-state index in [0.29, 0.717) is 0 Å². The Balaban J connectivity index is 0.000000671. The molecule has 0 radical (unpaired) electrons. The van der Waals surface area contributed by atoms with Crippen LogP contribution in [0.2, 0.25) is 0 Å². The van der Waals surface area contributed by atoms with Crippen LogP contribution in [0.1, 0.15) is 52.9 Å². The van der Waals surface area contributed by atoms with E-state index in [1.165, 1.54) is 45.2 Å². The zero-order valence-corrected chi connectivity index (χ0v) is 9.97. The number of unbranched alkanes of at least 4 members (excludes halogenated alkanes) is 1. The minimum Gasteiger partial charge on any atom is -0.307 e. The molecule has 0 atom stereocenters. The van der Waals surface area contributed by atoms with Gasteiger partial charge in [0, 0.05) is 0 Å². The Morgan fingerprint density at radius 1 is 1.15 bits per heavy atom. The fraction of sp³-hybridized carbons (Fsp3) is 1.00. The standard InChI is InChI=1S/C10H21N.C2H6/c1-3-11(2)9-5-4-6-10-7-8-10;1-2/h10H,3-9H2,1-2H3;1-2H3. The molecule has 1 saturated carbocycles. The first-order chi connectivity index (χ1) is 6.33. The second-order valence-electron chi connectivity index (χ2n) is 3.84. The van der Waals surface area contributed by atoms with Gasteiger partial charge in [0.05, 0.1) is 0 Å². The van der Waals surface area contributed by atoms with Gasteiger partial charge >= 0.3 is 0 Å². The molecule has 0 N–H and O–H groups in total. The molecule has 0 bridgehead atoms. The molecule has 0 aromatic heterocycles. The van der Waals surface area contributed by atoms with Gasteiger partial charge in [-0.1, -0.05) is 46.5 Å². The highest BCUT2D eigenvalue weighted by Crippen LogP contribution is 2.33. The summed E-state index contributed by atoms with van der Waals surface area (Å²) in [6.07, 6.45) is 7.39. The van der Waals surface area contributed by atoms with Crippen molar-refractivity contribution in [3.05, 3.63) is 0 Å². The lowest BCUT2D eigenvalue weighted by Gasteiger charge is -2.12. The Hall–Kier alpha value is -0.0400. The molecule has 0 unspecified atom stereocenters. The summed E-state index contributed by atoms with van der Waals surface area (Å²) in [5.41, 5.74) is 0. The van der Waals surface area contributed by atoms with Crippen molar-refractivity contribution in [3.63, 3.8) is 0 Å². The van der Waals surface area contributed by atoms with Gasteiger partial charge in [0.1, 0.15) is 0 Å². The fourth-order valence-corrected chi connectivity index (χ4v) is 1.38. The Bertz CT molecular complexity index is 97.3. The van der Waals surface area contributed by atoms with Crippen molar-refractivity contribution in [2.45, 2.75) is 52.9 Å². The molecule has 1 fully saturated rings. The Morgan fingerprint density at radius 2 is 1.77 bits per heavy atom. The van der Waals surface area contributed by atoms with Gasteiger partial charge in [-0.25, -0.2) is 0 Å². The summed E-state index contributed by atoms with van der Waals surface area (Å²) >= 11 is 0. The average Bonchev–Trinajstić information content (AvgIpc) is 2.99. The quantitative estimate of drug-likeness (QED) is 0.572. The van der Waals surface area contributed by atoms with Gasteiger partial charge in [-0.2, -0.15) is 0 Å². The zero-order chi connectivity index (χ0) is 10.1. The summed E-state index contributed by atoms with van der Waals surface area (Å²) in [7, 11) is 2.21. The monoisotopic (exact) mass is 185 g/mol. The molecular formula is C12H27N. The smallest absolute Gasteiger partial charge is 0.00219 e. The Labute approximate surface area is 84.5 Å². The van der Waals surface area contributed by atoms with Crippen LogP contribution in [0.4, 0.5) is 0 Å². The summed E-state index contributed by atoms with van der Waals surface area (Å²) in [6, 6.07) is 0. The molecule has 1 nitrogen and oxygen atoms in total. The topological polar surface area (TPSA) is 3.24 Å². The summed E-state index contributed by atoms with van der Waals surface area (Å²) in [6.45, 7) is 8.72. The lowest BCUT2D eigenvalue weighted by atomic mass is 10.2. The normalized spacial score (nSPS) is 15.5. The summed E-state index contributed by atoms with van der Waals surface area (Å²) < 4.78 is 0. The third-order valence-corrected chi connectivity index (χ3v) is 2.64. The van der Waals surface area contributed by atoms with Crippen molar-refractivity contribution >= 4 is 0 Å². The summed E-state index contributed by atoms with van der Waals surface area (Å²) in [4.78, 5) is 2.40. The zero-order valence-electron chi connectivity index (χ0n) is 9.97. The van der Waals surface area contributed by atoms with Crippen LogP contribution in [-0.4, -0.2) is 25.0 Å². The highest BCUT2D eigenvalue weighted by molar-refractivity contribution is 4.72. The van der Waals surface area contributed by atoms with Crippen molar-refractivity contribution in [2.24, 2.45) is 5.92 Å². The maximum Gasteiger partial charge on any atom is -0.00219 e. The fourth-order valence-electron chi connectivity index (χ4n) is 1.38. The van der Waals surface area contributed by atoms with Crippen LogP contribution in [0, 0.1) is 5.92 Å². The van der Waals surface area contributed by atoms with Gasteiger partial charge < -0.3 is 4.90 Å². The van der Waals surface area contributed by atoms with Crippen LogP contribution in [-0.2, 0) is 0 Å². The van der Waals surface area contributed by atoms with E-state index in [0.717, 1.165) is 5.92 Å². The van der Waals surface area contributed by atoms with Gasteiger partial charge in [-0.15, -0.1) is 0 Å². The van der Waals surface area contributed by atoms with E-state index in [-0.39, 0.29) is 0 Å². The van der Waals surface area contributed by atoms with E-state index >= 15 is 0 Å². The van der Waals surface area contributed by atoms with Gasteiger partial charge in [0.25, 0.3) is 0 Å². The van der Waals surface area contributed by atoms with Gasteiger partial charge in [-0.05, 0) is 32.5 Å². The first kappa shape index (κ1) is 13.0. The lowest BCUT2D eigenvalue weighted by Crippen LogP contribution is -2.18. The van der Waals surface area contributed by atoms with E-state index in [2.05, 4.69) is 18.9 Å². The molecule has 0 aromatic carbocycles. The lowest BCUT2D eigenvalue weighted by molar-refractivity contribution is 0.340. The van der Waals surface area contributed by atoms with Gasteiger partial charge in [-0.3, -0.25) is 0 Å². The van der Waals surface area contributed by atoms with Crippen molar-refractivity contribution in [1.82, 2.24) is 4.90 Å². The van der Waals surface area contributed by atoms with Crippen molar-refractivity contribution in [3.8, 4) is 0 Å². The Kier molecular flexibility index (Phi) is 8.53. The van der Waals surface area contributed by atoms with Gasteiger partial charge in [0.15, 0.2) is 0 Å². The first-order valence-corrected chi connectivity index (χ1v) is 6.01. The molecule has 0 saturated heterocycles. The summed E-state index contributed by atoms with van der Waals surface area (Å²) in [5, 5.41) is 0. The molecule has 1 heteroatoms. The SMILES string of the molecule is CC.CCN(C)CCCCC1CC1. The van der Waals surface area contributed by atoms with Crippen molar-refractivity contribution in [1.29, 1.82) is 0 Å². The number of rotatable bonds is 6. The van der Waals surface area contributed by atoms with Crippen LogP contribution >= 0.6 is 0 Å². The molecule has 1 aliphatic carbocycles. The number of hydrogen-bond acceptors (Lipinski definition) is 1. The molecule has 0 amide bonds. The molecule has 0 aromatic rings. The van der Waals surface area contributed by atoms with E-state index in [9.17, 15) is 0 Å². The molecule has 0 heterocycles. The highest BCUT2D eigenvalue weighted by Gasteiger charge is 2.19. The molecule has 13 heavy (non-hydrogen) atoms. The largest absolute Gasteiger partial charge is 0.307 e. The molecule has 1 rings (SSSR count). The van der Waals surface area contributed by atoms with Crippen LogP contribution < -0.4 is 0 Å². The minimum atomic E-state index is 1.13. The second kappa shape index (κ2) is 8.55. The van der Waals surface area contributed by atoms with Gasteiger partial charge in [0.2, 0.25) is 0 Å².